The Morgan fingerprint density at radius 3 is 2.73 bits per heavy atom. The summed E-state index contributed by atoms with van der Waals surface area (Å²) in [5, 5.41) is 12.6. The molecule has 0 saturated heterocycles. The summed E-state index contributed by atoms with van der Waals surface area (Å²) >= 11 is 0. The van der Waals surface area contributed by atoms with E-state index in [0.29, 0.717) is 29.8 Å². The molecule has 1 aliphatic rings. The van der Waals surface area contributed by atoms with Crippen molar-refractivity contribution in [2.75, 3.05) is 11.1 Å². The fourth-order valence-electron chi connectivity index (χ4n) is 3.86. The molecular formula is C23H22N4O3. The molecule has 1 atom stereocenters. The van der Waals surface area contributed by atoms with Crippen LogP contribution in [0.25, 0.3) is 0 Å². The number of hydrogen-bond acceptors (Lipinski definition) is 4. The number of nitrogens with one attached hydrogen (secondary N) is 1. The summed E-state index contributed by atoms with van der Waals surface area (Å²) in [6.07, 6.45) is 3.76. The maximum absolute atomic E-state index is 12.7. The molecular weight excluding hydrogens is 380 g/mol. The number of carboxylic acid groups (broad SMARTS) is 1. The number of nitrogen functional groups attached to an aromatic ring is 1. The van der Waals surface area contributed by atoms with Crippen LogP contribution in [0.2, 0.25) is 0 Å². The molecule has 0 fully saturated rings. The first-order valence-electron chi connectivity index (χ1n) is 9.70. The van der Waals surface area contributed by atoms with E-state index in [-0.39, 0.29) is 18.5 Å². The number of hydrogen-bond donors (Lipinski definition) is 3. The largest absolute Gasteiger partial charge is 0.465 e. The van der Waals surface area contributed by atoms with E-state index in [1.165, 1.54) is 4.90 Å². The molecule has 30 heavy (non-hydrogen) atoms. The number of nitrogens with zero attached hydrogens (tertiary/aromatic N) is 2. The van der Waals surface area contributed by atoms with Gasteiger partial charge in [0.1, 0.15) is 0 Å². The number of aromatic nitrogens is 1. The van der Waals surface area contributed by atoms with Gasteiger partial charge in [-0.25, -0.2) is 4.79 Å². The number of benzene rings is 2. The van der Waals surface area contributed by atoms with Gasteiger partial charge in [-0.2, -0.15) is 0 Å². The Hall–Kier alpha value is -3.87. The molecule has 4 rings (SSSR count). The third kappa shape index (κ3) is 3.96. The summed E-state index contributed by atoms with van der Waals surface area (Å²) in [6, 6.07) is 15.9. The van der Waals surface area contributed by atoms with Crippen molar-refractivity contribution in [3.05, 3.63) is 89.2 Å². The van der Waals surface area contributed by atoms with Crippen molar-refractivity contribution in [3.63, 3.8) is 0 Å². The van der Waals surface area contributed by atoms with Crippen LogP contribution >= 0.6 is 0 Å². The minimum atomic E-state index is -0.974. The van der Waals surface area contributed by atoms with Crippen LogP contribution in [0.4, 0.5) is 16.2 Å². The topological polar surface area (TPSA) is 109 Å². The van der Waals surface area contributed by atoms with Crippen LogP contribution in [0, 0.1) is 0 Å². The van der Waals surface area contributed by atoms with Crippen molar-refractivity contribution < 1.29 is 14.7 Å². The lowest BCUT2D eigenvalue weighted by Gasteiger charge is -2.27. The van der Waals surface area contributed by atoms with E-state index in [9.17, 15) is 14.7 Å². The van der Waals surface area contributed by atoms with Crippen LogP contribution in [0.3, 0.4) is 0 Å². The Balaban J connectivity index is 1.54. The molecule has 0 radical (unpaired) electrons. The zero-order chi connectivity index (χ0) is 21.1. The van der Waals surface area contributed by atoms with Crippen molar-refractivity contribution in [1.82, 2.24) is 9.88 Å². The Kier molecular flexibility index (Phi) is 5.34. The number of amides is 2. The van der Waals surface area contributed by atoms with Gasteiger partial charge in [0.2, 0.25) is 0 Å². The van der Waals surface area contributed by atoms with Gasteiger partial charge in [0.15, 0.2) is 0 Å². The van der Waals surface area contributed by atoms with E-state index < -0.39 is 6.09 Å². The van der Waals surface area contributed by atoms with Crippen molar-refractivity contribution in [2.45, 2.75) is 25.4 Å². The van der Waals surface area contributed by atoms with Crippen LogP contribution in [0.5, 0.6) is 0 Å². The lowest BCUT2D eigenvalue weighted by Crippen LogP contribution is -2.32. The van der Waals surface area contributed by atoms with E-state index in [2.05, 4.69) is 10.3 Å². The van der Waals surface area contributed by atoms with Gasteiger partial charge < -0.3 is 16.2 Å². The third-order valence-electron chi connectivity index (χ3n) is 5.36. The molecule has 2 amide bonds. The molecule has 7 nitrogen and oxygen atoms in total. The average Bonchev–Trinajstić information content (AvgIpc) is 3.17. The number of anilines is 2. The van der Waals surface area contributed by atoms with E-state index in [1.54, 1.807) is 42.7 Å². The number of carbonyl (C=O) groups is 2. The molecule has 0 spiro atoms. The highest BCUT2D eigenvalue weighted by Crippen LogP contribution is 2.37. The fraction of sp³-hybridized carbons (Fsp3) is 0.174. The number of pyridine rings is 1. The minimum Gasteiger partial charge on any atom is -0.465 e. The second-order valence-corrected chi connectivity index (χ2v) is 7.28. The molecule has 0 bridgehead atoms. The van der Waals surface area contributed by atoms with Gasteiger partial charge in [-0.1, -0.05) is 24.3 Å². The van der Waals surface area contributed by atoms with Gasteiger partial charge in [-0.05, 0) is 59.9 Å². The molecule has 2 aromatic carbocycles. The number of carbonyl (C=O) groups excluding carboxylic acids is 1. The predicted molar refractivity (Wildman–Crippen MR) is 114 cm³/mol. The highest BCUT2D eigenvalue weighted by Gasteiger charge is 2.31. The summed E-state index contributed by atoms with van der Waals surface area (Å²) in [5.41, 5.74) is 10.3. The molecule has 7 heteroatoms. The maximum Gasteiger partial charge on any atom is 0.408 e. The summed E-state index contributed by atoms with van der Waals surface area (Å²) < 4.78 is 0. The molecule has 4 N–H and O–H groups in total. The normalized spacial score (nSPS) is 14.7. The van der Waals surface area contributed by atoms with Gasteiger partial charge in [0, 0.05) is 18.0 Å². The highest BCUT2D eigenvalue weighted by molar-refractivity contribution is 6.05. The Labute approximate surface area is 174 Å². The molecule has 1 heterocycles. The van der Waals surface area contributed by atoms with Crippen molar-refractivity contribution >= 4 is 23.4 Å². The first-order valence-corrected chi connectivity index (χ1v) is 9.70. The van der Waals surface area contributed by atoms with E-state index in [1.807, 2.05) is 24.3 Å². The summed E-state index contributed by atoms with van der Waals surface area (Å²) in [6.45, 7) is 0.267. The minimum absolute atomic E-state index is 0.246. The van der Waals surface area contributed by atoms with Crippen LogP contribution in [0.1, 0.15) is 39.5 Å². The predicted octanol–water partition coefficient (Wildman–Crippen LogP) is 4.08. The van der Waals surface area contributed by atoms with Gasteiger partial charge in [0.05, 0.1) is 24.0 Å². The number of para-hydroxylation sites is 2. The van der Waals surface area contributed by atoms with Crippen LogP contribution < -0.4 is 11.1 Å². The highest BCUT2D eigenvalue weighted by atomic mass is 16.4. The zero-order valence-corrected chi connectivity index (χ0v) is 16.3. The smallest absolute Gasteiger partial charge is 0.408 e. The molecule has 0 saturated carbocycles. The lowest BCUT2D eigenvalue weighted by atomic mass is 10.0. The van der Waals surface area contributed by atoms with E-state index in [0.717, 1.165) is 16.7 Å². The van der Waals surface area contributed by atoms with Gasteiger partial charge in [-0.15, -0.1) is 0 Å². The number of fused-ring (bicyclic) bond motifs is 1. The van der Waals surface area contributed by atoms with Crippen molar-refractivity contribution in [1.29, 1.82) is 0 Å². The van der Waals surface area contributed by atoms with Gasteiger partial charge in [0.25, 0.3) is 5.91 Å². The number of aryl methyl sites for hydroxylation is 1. The van der Waals surface area contributed by atoms with Crippen LogP contribution in [-0.4, -0.2) is 27.0 Å². The first kappa shape index (κ1) is 19.4. The zero-order valence-electron chi connectivity index (χ0n) is 16.3. The summed E-state index contributed by atoms with van der Waals surface area (Å²) in [7, 11) is 0. The number of nitrogens with two attached hydrogens (primary N) is 1. The van der Waals surface area contributed by atoms with Crippen molar-refractivity contribution in [2.24, 2.45) is 0 Å². The Morgan fingerprint density at radius 2 is 2.00 bits per heavy atom. The maximum atomic E-state index is 12.7. The molecule has 0 aliphatic heterocycles. The van der Waals surface area contributed by atoms with E-state index in [4.69, 9.17) is 5.73 Å². The van der Waals surface area contributed by atoms with Crippen LogP contribution in [-0.2, 0) is 13.0 Å². The second-order valence-electron chi connectivity index (χ2n) is 7.28. The average molecular weight is 402 g/mol. The second kappa shape index (κ2) is 8.24. The fourth-order valence-corrected chi connectivity index (χ4v) is 3.86. The molecule has 1 aromatic heterocycles. The Bertz CT molecular complexity index is 1080. The summed E-state index contributed by atoms with van der Waals surface area (Å²) in [5.74, 6) is -0.246. The quantitative estimate of drug-likeness (QED) is 0.557. The summed E-state index contributed by atoms with van der Waals surface area (Å²) in [4.78, 5) is 30.1. The van der Waals surface area contributed by atoms with Crippen LogP contribution in [0.15, 0.2) is 67.0 Å². The molecule has 3 aromatic rings. The SMILES string of the molecule is Nc1ccccc1NC(=O)c1ccc2c(c1)CCC2N(Cc1cccnc1)C(=O)O. The first-order chi connectivity index (χ1) is 14.5. The van der Waals surface area contributed by atoms with E-state index >= 15 is 0 Å². The molecule has 1 aliphatic carbocycles. The standard InChI is InChI=1S/C23H22N4O3/c24-19-5-1-2-6-20(19)26-22(28)17-7-9-18-16(12-17)8-10-21(18)27(23(29)30)14-15-4-3-11-25-13-15/h1-7,9,11-13,21H,8,10,14,24H2,(H,26,28)(H,29,30). The monoisotopic (exact) mass is 402 g/mol. The molecule has 1 unspecified atom stereocenters. The Morgan fingerprint density at radius 1 is 1.17 bits per heavy atom. The third-order valence-corrected chi connectivity index (χ3v) is 5.36. The number of rotatable bonds is 5. The van der Waals surface area contributed by atoms with Gasteiger partial charge in [-0.3, -0.25) is 14.7 Å². The molecule has 152 valence electrons. The lowest BCUT2D eigenvalue weighted by molar-refractivity contribution is 0.102. The van der Waals surface area contributed by atoms with Gasteiger partial charge >= 0.3 is 6.09 Å². The van der Waals surface area contributed by atoms with Crippen molar-refractivity contribution in [3.8, 4) is 0 Å².